The zero-order chi connectivity index (χ0) is 16.8. The Balaban J connectivity index is 1.56. The monoisotopic (exact) mass is 328 g/mol. The molecule has 1 aromatic heterocycles. The predicted octanol–water partition coefficient (Wildman–Crippen LogP) is 1.48. The second kappa shape index (κ2) is 7.99. The quantitative estimate of drug-likeness (QED) is 0.873. The summed E-state index contributed by atoms with van der Waals surface area (Å²) in [5.41, 5.74) is 1.99. The molecule has 1 fully saturated rings. The molecular weight excluding hydrogens is 307 g/mol. The molecule has 1 aliphatic heterocycles. The molecule has 0 aliphatic carbocycles. The smallest absolute Gasteiger partial charge is 0.234 e. The molecule has 0 radical (unpaired) electrons. The number of rotatable bonds is 5. The molecule has 5 nitrogen and oxygen atoms in total. The van der Waals surface area contributed by atoms with Crippen LogP contribution in [0.1, 0.15) is 17.2 Å². The van der Waals surface area contributed by atoms with Crippen molar-refractivity contribution < 1.29 is 9.18 Å². The van der Waals surface area contributed by atoms with Gasteiger partial charge in [-0.1, -0.05) is 18.2 Å². The average molecular weight is 328 g/mol. The van der Waals surface area contributed by atoms with Crippen molar-refractivity contribution in [2.45, 2.75) is 12.6 Å². The summed E-state index contributed by atoms with van der Waals surface area (Å²) >= 11 is 0. The van der Waals surface area contributed by atoms with Crippen LogP contribution < -0.4 is 10.6 Å². The number of amides is 1. The number of hydrogen-bond donors (Lipinski definition) is 2. The highest BCUT2D eigenvalue weighted by molar-refractivity contribution is 5.78. The molecule has 1 unspecified atom stereocenters. The van der Waals surface area contributed by atoms with Crippen molar-refractivity contribution in [3.8, 4) is 0 Å². The second-order valence-electron chi connectivity index (χ2n) is 5.88. The van der Waals surface area contributed by atoms with Crippen molar-refractivity contribution in [2.75, 3.05) is 26.2 Å². The molecule has 1 aromatic carbocycles. The zero-order valence-electron chi connectivity index (χ0n) is 13.4. The lowest BCUT2D eigenvalue weighted by atomic mass is 10.1. The summed E-state index contributed by atoms with van der Waals surface area (Å²) < 4.78 is 12.9. The molecule has 0 bridgehead atoms. The molecule has 2 aromatic rings. The summed E-state index contributed by atoms with van der Waals surface area (Å²) in [7, 11) is 0. The molecule has 1 aliphatic rings. The maximum atomic E-state index is 12.9. The van der Waals surface area contributed by atoms with Gasteiger partial charge in [-0.2, -0.15) is 0 Å². The van der Waals surface area contributed by atoms with Gasteiger partial charge in [0.2, 0.25) is 5.91 Å². The molecular formula is C18H21FN4O. The summed E-state index contributed by atoms with van der Waals surface area (Å²) in [6, 6.07) is 10.2. The number of nitrogens with zero attached hydrogens (tertiary/aromatic N) is 2. The summed E-state index contributed by atoms with van der Waals surface area (Å²) in [4.78, 5) is 18.6. The number of carbonyl (C=O) groups excluding carboxylic acids is 1. The standard InChI is InChI=1S/C18H21FN4O/c19-16-5-3-14(4-6-16)10-22-18(24)13-23-9-8-21-12-17(23)15-2-1-7-20-11-15/h1-7,11,17,21H,8-10,12-13H2,(H,22,24). The van der Waals surface area contributed by atoms with Crippen molar-refractivity contribution in [1.29, 1.82) is 0 Å². The first-order valence-corrected chi connectivity index (χ1v) is 8.08. The minimum absolute atomic E-state index is 0.0323. The van der Waals surface area contributed by atoms with Gasteiger partial charge in [0.15, 0.2) is 0 Å². The third-order valence-corrected chi connectivity index (χ3v) is 4.17. The summed E-state index contributed by atoms with van der Waals surface area (Å²) in [6.07, 6.45) is 3.60. The summed E-state index contributed by atoms with van der Waals surface area (Å²) in [5, 5.41) is 6.26. The lowest BCUT2D eigenvalue weighted by Gasteiger charge is -2.35. The highest BCUT2D eigenvalue weighted by Crippen LogP contribution is 2.20. The van der Waals surface area contributed by atoms with E-state index < -0.39 is 0 Å². The number of aromatic nitrogens is 1. The molecule has 1 saturated heterocycles. The van der Waals surface area contributed by atoms with Gasteiger partial charge in [0.1, 0.15) is 5.82 Å². The number of benzene rings is 1. The van der Waals surface area contributed by atoms with E-state index in [0.29, 0.717) is 13.1 Å². The van der Waals surface area contributed by atoms with Gasteiger partial charge in [-0.05, 0) is 29.3 Å². The summed E-state index contributed by atoms with van der Waals surface area (Å²) in [5.74, 6) is -0.305. The molecule has 2 heterocycles. The number of halogens is 1. The predicted molar refractivity (Wildman–Crippen MR) is 89.7 cm³/mol. The van der Waals surface area contributed by atoms with E-state index in [0.717, 1.165) is 30.8 Å². The Hall–Kier alpha value is -2.31. The van der Waals surface area contributed by atoms with E-state index >= 15 is 0 Å². The fourth-order valence-electron chi connectivity index (χ4n) is 2.88. The van der Waals surface area contributed by atoms with Crippen LogP contribution in [-0.2, 0) is 11.3 Å². The average Bonchev–Trinajstić information content (AvgIpc) is 2.62. The van der Waals surface area contributed by atoms with Crippen molar-refractivity contribution >= 4 is 5.91 Å². The molecule has 0 saturated carbocycles. The van der Waals surface area contributed by atoms with Crippen LogP contribution in [0.15, 0.2) is 48.8 Å². The molecule has 0 spiro atoms. The second-order valence-corrected chi connectivity index (χ2v) is 5.88. The van der Waals surface area contributed by atoms with Crippen LogP contribution in [0, 0.1) is 5.82 Å². The highest BCUT2D eigenvalue weighted by atomic mass is 19.1. The van der Waals surface area contributed by atoms with Gasteiger partial charge in [0.05, 0.1) is 6.54 Å². The van der Waals surface area contributed by atoms with Gasteiger partial charge in [-0.25, -0.2) is 4.39 Å². The molecule has 2 N–H and O–H groups in total. The van der Waals surface area contributed by atoms with Gasteiger partial charge < -0.3 is 10.6 Å². The Morgan fingerprint density at radius 1 is 1.33 bits per heavy atom. The van der Waals surface area contributed by atoms with Crippen molar-refractivity contribution in [3.63, 3.8) is 0 Å². The lowest BCUT2D eigenvalue weighted by Crippen LogP contribution is -2.49. The van der Waals surface area contributed by atoms with Crippen LogP contribution in [0.5, 0.6) is 0 Å². The molecule has 6 heteroatoms. The van der Waals surface area contributed by atoms with Gasteiger partial charge in [-0.15, -0.1) is 0 Å². The van der Waals surface area contributed by atoms with E-state index in [1.807, 2.05) is 18.3 Å². The van der Waals surface area contributed by atoms with E-state index in [9.17, 15) is 9.18 Å². The van der Waals surface area contributed by atoms with E-state index in [4.69, 9.17) is 0 Å². The van der Waals surface area contributed by atoms with Gasteiger partial charge in [-0.3, -0.25) is 14.7 Å². The number of piperazine rings is 1. The van der Waals surface area contributed by atoms with Gasteiger partial charge in [0.25, 0.3) is 0 Å². The van der Waals surface area contributed by atoms with E-state index in [1.165, 1.54) is 12.1 Å². The number of hydrogen-bond acceptors (Lipinski definition) is 4. The molecule has 24 heavy (non-hydrogen) atoms. The Morgan fingerprint density at radius 3 is 2.92 bits per heavy atom. The largest absolute Gasteiger partial charge is 0.351 e. The Kier molecular flexibility index (Phi) is 5.51. The fourth-order valence-corrected chi connectivity index (χ4v) is 2.88. The highest BCUT2D eigenvalue weighted by Gasteiger charge is 2.25. The van der Waals surface area contributed by atoms with Crippen LogP contribution in [0.3, 0.4) is 0 Å². The third kappa shape index (κ3) is 4.37. The van der Waals surface area contributed by atoms with Crippen LogP contribution in [0.2, 0.25) is 0 Å². The first-order chi connectivity index (χ1) is 11.7. The van der Waals surface area contributed by atoms with Crippen LogP contribution in [-0.4, -0.2) is 42.0 Å². The lowest BCUT2D eigenvalue weighted by molar-refractivity contribution is -0.123. The van der Waals surface area contributed by atoms with E-state index in [-0.39, 0.29) is 17.8 Å². The minimum Gasteiger partial charge on any atom is -0.351 e. The normalized spacial score (nSPS) is 18.3. The number of carbonyl (C=O) groups is 1. The van der Waals surface area contributed by atoms with Crippen LogP contribution in [0.4, 0.5) is 4.39 Å². The molecule has 1 amide bonds. The first kappa shape index (κ1) is 16.5. The van der Waals surface area contributed by atoms with Crippen molar-refractivity contribution in [1.82, 2.24) is 20.5 Å². The van der Waals surface area contributed by atoms with E-state index in [2.05, 4.69) is 20.5 Å². The molecule has 1 atom stereocenters. The maximum Gasteiger partial charge on any atom is 0.234 e. The maximum absolute atomic E-state index is 12.9. The van der Waals surface area contributed by atoms with Crippen molar-refractivity contribution in [2.24, 2.45) is 0 Å². The molecule has 3 rings (SSSR count). The molecule has 126 valence electrons. The zero-order valence-corrected chi connectivity index (χ0v) is 13.4. The minimum atomic E-state index is -0.273. The first-order valence-electron chi connectivity index (χ1n) is 8.08. The van der Waals surface area contributed by atoms with E-state index in [1.54, 1.807) is 18.3 Å². The number of nitrogens with one attached hydrogen (secondary N) is 2. The Bertz CT molecular complexity index is 662. The third-order valence-electron chi connectivity index (χ3n) is 4.17. The van der Waals surface area contributed by atoms with Gasteiger partial charge in [0, 0.05) is 44.6 Å². The van der Waals surface area contributed by atoms with Crippen LogP contribution in [0.25, 0.3) is 0 Å². The Morgan fingerprint density at radius 2 is 2.17 bits per heavy atom. The van der Waals surface area contributed by atoms with Crippen LogP contribution >= 0.6 is 0 Å². The Labute approximate surface area is 140 Å². The number of pyridine rings is 1. The van der Waals surface area contributed by atoms with Gasteiger partial charge >= 0.3 is 0 Å². The SMILES string of the molecule is O=C(CN1CCNCC1c1cccnc1)NCc1ccc(F)cc1. The fraction of sp³-hybridized carbons (Fsp3) is 0.333. The topological polar surface area (TPSA) is 57.3 Å². The summed E-state index contributed by atoms with van der Waals surface area (Å²) in [6.45, 7) is 3.22. The van der Waals surface area contributed by atoms with Crippen molar-refractivity contribution in [3.05, 3.63) is 65.7 Å².